The van der Waals surface area contributed by atoms with Crippen molar-refractivity contribution < 1.29 is 33.7 Å². The zero-order chi connectivity index (χ0) is 25.2. The predicted octanol–water partition coefficient (Wildman–Crippen LogP) is 6.37. The van der Waals surface area contributed by atoms with Crippen LogP contribution in [-0.2, 0) is 22.7 Å². The van der Waals surface area contributed by atoms with Gasteiger partial charge in [-0.25, -0.2) is 4.98 Å². The van der Waals surface area contributed by atoms with Crippen molar-refractivity contribution in [3.8, 4) is 0 Å². The van der Waals surface area contributed by atoms with E-state index >= 15 is 0 Å². The molecule has 3 aromatic rings. The average Bonchev–Trinajstić information content (AvgIpc) is 3.28. The topological polar surface area (TPSA) is 77.7 Å². The number of nitrogen functional groups attached to an aromatic ring is 1. The van der Waals surface area contributed by atoms with Gasteiger partial charge in [-0.3, -0.25) is 4.79 Å². The van der Waals surface area contributed by atoms with Crippen LogP contribution in [0.1, 0.15) is 33.1 Å². The second-order valence-corrected chi connectivity index (χ2v) is 11.2. The van der Waals surface area contributed by atoms with E-state index in [2.05, 4.69) is 4.98 Å². The molecule has 13 heteroatoms. The van der Waals surface area contributed by atoms with Crippen LogP contribution >= 0.6 is 21.8 Å². The van der Waals surface area contributed by atoms with Crippen molar-refractivity contribution in [2.24, 2.45) is 0 Å². The number of nitrogens with zero attached hydrogens (tertiary/aromatic N) is 2. The Morgan fingerprint density at radius 3 is 2.43 bits per heavy atom. The number of rotatable bonds is 3. The summed E-state index contributed by atoms with van der Waals surface area (Å²) in [4.78, 5) is 17.3. The van der Waals surface area contributed by atoms with Gasteiger partial charge in [0, 0.05) is 17.5 Å². The molecule has 35 heavy (non-hydrogen) atoms. The highest BCUT2D eigenvalue weighted by molar-refractivity contribution is 8.45. The van der Waals surface area contributed by atoms with Crippen LogP contribution in [0.2, 0.25) is 5.02 Å². The molecule has 0 saturated carbocycles. The molecule has 0 spiro atoms. The molecule has 0 radical (unpaired) electrons. The molecule has 1 fully saturated rings. The fourth-order valence-corrected chi connectivity index (χ4v) is 5.27. The molecule has 2 aliphatic rings. The summed E-state index contributed by atoms with van der Waals surface area (Å²) < 4.78 is 76.5. The lowest BCUT2D eigenvalue weighted by atomic mass is 10.0. The Kier molecular flexibility index (Phi) is 5.10. The van der Waals surface area contributed by atoms with Gasteiger partial charge in [-0.1, -0.05) is 43.2 Å². The second kappa shape index (κ2) is 7.42. The number of benzene rings is 2. The van der Waals surface area contributed by atoms with E-state index in [0.29, 0.717) is 42.1 Å². The molecule has 0 unspecified atom stereocenters. The fourth-order valence-electron chi connectivity index (χ4n) is 4.38. The Labute approximate surface area is 201 Å². The van der Waals surface area contributed by atoms with Crippen LogP contribution in [0.4, 0.5) is 25.2 Å². The third-order valence-corrected chi connectivity index (χ3v) is 7.62. The molecule has 5 rings (SSSR count). The quantitative estimate of drug-likeness (QED) is 0.394. The summed E-state index contributed by atoms with van der Waals surface area (Å²) in [5.74, 6) is -0.158. The lowest BCUT2D eigenvalue weighted by Crippen LogP contribution is -2.43. The first-order chi connectivity index (χ1) is 16.2. The van der Waals surface area contributed by atoms with Gasteiger partial charge in [0.15, 0.2) is 0 Å². The Hall–Kier alpha value is -2.67. The summed E-state index contributed by atoms with van der Waals surface area (Å²) in [5.41, 5.74) is 8.44. The monoisotopic (exact) mass is 535 g/mol. The summed E-state index contributed by atoms with van der Waals surface area (Å²) >= 11 is 6.42. The van der Waals surface area contributed by atoms with Crippen LogP contribution in [-0.4, -0.2) is 35.5 Å². The molecule has 2 aromatic carbocycles. The highest BCUT2D eigenvalue weighted by Gasteiger charge is 2.65. The number of amides is 1. The molecule has 0 bridgehead atoms. The van der Waals surface area contributed by atoms with Crippen molar-refractivity contribution >= 4 is 44.5 Å². The Morgan fingerprint density at radius 2 is 1.74 bits per heavy atom. The van der Waals surface area contributed by atoms with Gasteiger partial charge in [-0.05, 0) is 35.4 Å². The van der Waals surface area contributed by atoms with E-state index in [0.717, 1.165) is 23.3 Å². The van der Waals surface area contributed by atoms with E-state index in [1.54, 1.807) is 6.07 Å². The number of anilines is 1. The van der Waals surface area contributed by atoms with Crippen molar-refractivity contribution in [1.82, 2.24) is 9.88 Å². The Morgan fingerprint density at radius 1 is 1.06 bits per heavy atom. The summed E-state index contributed by atoms with van der Waals surface area (Å²) in [7, 11) is -9.81. The van der Waals surface area contributed by atoms with Gasteiger partial charge in [0.25, 0.3) is 5.91 Å². The maximum absolute atomic E-state index is 13.6. The largest absolute Gasteiger partial charge is 0.383 e. The lowest BCUT2D eigenvalue weighted by molar-refractivity contribution is -0.00270. The third kappa shape index (κ3) is 4.39. The molecule has 1 saturated heterocycles. The standard InChI is InChI=1S/C22H19ClF5N3O3S/c23-18-8-19-14(16-9-34-10-17(16)21(29)30-19)7-15(18)22(32)31-5-6-33-11-20(31)12-1-3-13(4-2-12)35(24,25,26,27)28/h1-4,7-8,20H,5-6,9-11H2,(H2,29,30)/t20-/m1/s1. The van der Waals surface area contributed by atoms with Crippen LogP contribution in [0, 0.1) is 0 Å². The number of aromatic nitrogens is 1. The van der Waals surface area contributed by atoms with Gasteiger partial charge in [-0.15, -0.1) is 0 Å². The zero-order valence-electron chi connectivity index (χ0n) is 17.9. The molecule has 2 N–H and O–H groups in total. The first-order valence-corrected chi connectivity index (χ1v) is 12.8. The smallest absolute Gasteiger partial charge is 0.310 e. The summed E-state index contributed by atoms with van der Waals surface area (Å²) in [6.45, 7) is 0.901. The number of carbonyl (C=O) groups excluding carboxylic acids is 1. The van der Waals surface area contributed by atoms with Gasteiger partial charge in [0.1, 0.15) is 10.7 Å². The number of fused-ring (bicyclic) bond motifs is 3. The first-order valence-electron chi connectivity index (χ1n) is 10.4. The highest BCUT2D eigenvalue weighted by Crippen LogP contribution is 3.02. The fraction of sp³-hybridized carbons (Fsp3) is 0.273. The average molecular weight is 536 g/mol. The minimum atomic E-state index is -9.81. The number of ether oxygens (including phenoxy) is 2. The van der Waals surface area contributed by atoms with Crippen molar-refractivity contribution in [2.45, 2.75) is 24.2 Å². The Bertz CT molecular complexity index is 1370. The van der Waals surface area contributed by atoms with Crippen molar-refractivity contribution in [3.63, 3.8) is 0 Å². The van der Waals surface area contributed by atoms with Crippen molar-refractivity contribution in [1.29, 1.82) is 0 Å². The maximum Gasteiger partial charge on any atom is 0.310 e. The molecule has 1 amide bonds. The zero-order valence-corrected chi connectivity index (χ0v) is 19.5. The first kappa shape index (κ1) is 24.0. The van der Waals surface area contributed by atoms with Gasteiger partial charge in [0.05, 0.1) is 48.6 Å². The molecule has 3 heterocycles. The molecular formula is C22H19ClF5N3O3S. The summed E-state index contributed by atoms with van der Waals surface area (Å²) in [6, 6.07) is 4.86. The van der Waals surface area contributed by atoms with E-state index in [1.807, 2.05) is 0 Å². The van der Waals surface area contributed by atoms with Crippen molar-refractivity contribution in [3.05, 3.63) is 63.7 Å². The van der Waals surface area contributed by atoms with Crippen LogP contribution in [0.25, 0.3) is 10.9 Å². The number of hydrogen-bond acceptors (Lipinski definition) is 5. The van der Waals surface area contributed by atoms with E-state index in [-0.39, 0.29) is 35.9 Å². The third-order valence-electron chi connectivity index (χ3n) is 6.15. The minimum Gasteiger partial charge on any atom is -0.383 e. The predicted molar refractivity (Wildman–Crippen MR) is 122 cm³/mol. The van der Waals surface area contributed by atoms with Gasteiger partial charge >= 0.3 is 10.2 Å². The second-order valence-electron chi connectivity index (χ2n) is 8.42. The van der Waals surface area contributed by atoms with E-state index in [9.17, 15) is 24.2 Å². The van der Waals surface area contributed by atoms with Gasteiger partial charge in [-0.2, -0.15) is 0 Å². The van der Waals surface area contributed by atoms with Crippen LogP contribution < -0.4 is 5.73 Å². The minimum absolute atomic E-state index is 0.0198. The number of morpholine rings is 1. The number of nitrogens with two attached hydrogens (primary N) is 1. The SMILES string of the molecule is Nc1nc2cc(Cl)c(C(=O)N3CCOC[C@@H]3c3ccc(S(F)(F)(F)(F)F)cc3)cc2c2c1COC2. The van der Waals surface area contributed by atoms with Crippen LogP contribution in [0.3, 0.4) is 0 Å². The lowest BCUT2D eigenvalue weighted by Gasteiger charge is -2.41. The molecule has 1 aromatic heterocycles. The normalized spacial score (nSPS) is 20.4. The van der Waals surface area contributed by atoms with Gasteiger partial charge in [0.2, 0.25) is 0 Å². The van der Waals surface area contributed by atoms with E-state index in [4.69, 9.17) is 26.8 Å². The molecule has 1 atom stereocenters. The maximum atomic E-state index is 13.6. The number of pyridine rings is 1. The molecular weight excluding hydrogens is 517 g/mol. The molecule has 6 nitrogen and oxygen atoms in total. The molecule has 0 aliphatic carbocycles. The number of hydrogen-bond donors (Lipinski definition) is 1. The van der Waals surface area contributed by atoms with Crippen molar-refractivity contribution in [2.75, 3.05) is 25.5 Å². The Balaban J connectivity index is 1.52. The van der Waals surface area contributed by atoms with Crippen LogP contribution in [0.15, 0.2) is 41.3 Å². The van der Waals surface area contributed by atoms with E-state index < -0.39 is 27.1 Å². The number of carbonyl (C=O) groups is 1. The molecule has 188 valence electrons. The van der Waals surface area contributed by atoms with Gasteiger partial charge < -0.3 is 20.1 Å². The number of halogens is 6. The summed E-state index contributed by atoms with van der Waals surface area (Å²) in [5, 5.41) is 0.777. The van der Waals surface area contributed by atoms with Crippen LogP contribution in [0.5, 0.6) is 0 Å². The summed E-state index contributed by atoms with van der Waals surface area (Å²) in [6.07, 6.45) is 0. The van der Waals surface area contributed by atoms with E-state index in [1.165, 1.54) is 11.0 Å². The highest BCUT2D eigenvalue weighted by atomic mass is 35.5. The molecule has 2 aliphatic heterocycles.